The number of hydrogen-bond donors (Lipinski definition) is 2. The Labute approximate surface area is 186 Å². The first-order valence-electron chi connectivity index (χ1n) is 10.5. The molecule has 6 nitrogen and oxygen atoms in total. The van der Waals surface area contributed by atoms with Crippen LogP contribution < -0.4 is 15.5 Å². The Morgan fingerprint density at radius 1 is 0.967 bits per heavy atom. The third-order valence-electron chi connectivity index (χ3n) is 5.98. The number of rotatable bonds is 4. The molecule has 2 aliphatic rings. The highest BCUT2D eigenvalue weighted by Crippen LogP contribution is 2.37. The summed E-state index contributed by atoms with van der Waals surface area (Å²) in [6.07, 6.45) is 6.65. The zero-order valence-electron chi connectivity index (χ0n) is 16.7. The van der Waals surface area contributed by atoms with Gasteiger partial charge < -0.3 is 15.5 Å². The first-order valence-corrected chi connectivity index (χ1v) is 11.3. The second-order valence-corrected chi connectivity index (χ2v) is 8.79. The Hall–Kier alpha value is -2.15. The molecule has 3 aromatic rings. The van der Waals surface area contributed by atoms with Crippen molar-refractivity contribution in [3.63, 3.8) is 0 Å². The van der Waals surface area contributed by atoms with Gasteiger partial charge in [-0.2, -0.15) is 0 Å². The van der Waals surface area contributed by atoms with E-state index in [1.54, 1.807) is 0 Å². The largest absolute Gasteiger partial charge is 0.365 e. The Morgan fingerprint density at radius 3 is 2.47 bits per heavy atom. The van der Waals surface area contributed by atoms with Crippen LogP contribution >= 0.6 is 23.2 Å². The van der Waals surface area contributed by atoms with E-state index in [-0.39, 0.29) is 0 Å². The molecule has 1 saturated heterocycles. The molecule has 0 unspecified atom stereocenters. The molecule has 0 bridgehead atoms. The van der Waals surface area contributed by atoms with Crippen molar-refractivity contribution in [2.45, 2.75) is 31.7 Å². The summed E-state index contributed by atoms with van der Waals surface area (Å²) in [4.78, 5) is 6.86. The summed E-state index contributed by atoms with van der Waals surface area (Å²) in [6, 6.07) is 8.28. The van der Waals surface area contributed by atoms with Crippen LogP contribution in [0, 0.1) is 0 Å². The fourth-order valence-electron chi connectivity index (χ4n) is 4.36. The van der Waals surface area contributed by atoms with Crippen LogP contribution in [-0.2, 0) is 0 Å². The summed E-state index contributed by atoms with van der Waals surface area (Å²) in [6.45, 7) is 3.80. The van der Waals surface area contributed by atoms with Gasteiger partial charge in [-0.25, -0.2) is 4.98 Å². The Bertz CT molecular complexity index is 1060. The molecule has 0 atom stereocenters. The van der Waals surface area contributed by atoms with E-state index in [4.69, 9.17) is 23.2 Å². The summed E-state index contributed by atoms with van der Waals surface area (Å²) in [5, 5.41) is 19.0. The zero-order chi connectivity index (χ0) is 20.5. The molecule has 3 heterocycles. The Kier molecular flexibility index (Phi) is 5.63. The maximum absolute atomic E-state index is 6.39. The monoisotopic (exact) mass is 442 g/mol. The third-order valence-corrected chi connectivity index (χ3v) is 6.70. The molecular weight excluding hydrogens is 419 g/mol. The van der Waals surface area contributed by atoms with E-state index >= 15 is 0 Å². The van der Waals surface area contributed by atoms with Crippen molar-refractivity contribution in [3.8, 4) is 11.3 Å². The summed E-state index contributed by atoms with van der Waals surface area (Å²) < 4.78 is 0. The summed E-state index contributed by atoms with van der Waals surface area (Å²) in [5.41, 5.74) is 1.76. The minimum absolute atomic E-state index is 0.433. The number of pyridine rings is 1. The molecule has 1 saturated carbocycles. The highest BCUT2D eigenvalue weighted by molar-refractivity contribution is 6.43. The van der Waals surface area contributed by atoms with E-state index in [0.717, 1.165) is 72.7 Å². The lowest BCUT2D eigenvalue weighted by Crippen LogP contribution is -2.43. The van der Waals surface area contributed by atoms with E-state index in [9.17, 15) is 0 Å². The van der Waals surface area contributed by atoms with Gasteiger partial charge in [0.05, 0.1) is 10.0 Å². The lowest BCUT2D eigenvalue weighted by Gasteiger charge is -2.28. The SMILES string of the molecule is Clc1cc2c(NC3CCCC3)nnc(-c3ccnc(N4CCNCC4)c3)c2cc1Cl. The molecule has 1 aliphatic carbocycles. The van der Waals surface area contributed by atoms with Crippen molar-refractivity contribution in [1.82, 2.24) is 20.5 Å². The van der Waals surface area contributed by atoms with E-state index in [1.807, 2.05) is 24.4 Å². The first kappa shape index (κ1) is 19.8. The molecule has 2 fully saturated rings. The van der Waals surface area contributed by atoms with Gasteiger partial charge in [-0.3, -0.25) is 0 Å². The predicted octanol–water partition coefficient (Wildman–Crippen LogP) is 4.76. The van der Waals surface area contributed by atoms with Gasteiger partial charge in [0.25, 0.3) is 0 Å². The van der Waals surface area contributed by atoms with Crippen LogP contribution in [0.5, 0.6) is 0 Å². The smallest absolute Gasteiger partial charge is 0.156 e. The minimum atomic E-state index is 0.433. The van der Waals surface area contributed by atoms with E-state index < -0.39 is 0 Å². The highest BCUT2D eigenvalue weighted by Gasteiger charge is 2.20. The van der Waals surface area contributed by atoms with Gasteiger partial charge in [0.15, 0.2) is 5.82 Å². The van der Waals surface area contributed by atoms with Crippen LogP contribution in [-0.4, -0.2) is 47.4 Å². The molecule has 0 spiro atoms. The molecule has 0 amide bonds. The van der Waals surface area contributed by atoms with Crippen LogP contribution in [0.4, 0.5) is 11.6 Å². The fraction of sp³-hybridized carbons (Fsp3) is 0.409. The van der Waals surface area contributed by atoms with Crippen molar-refractivity contribution in [2.75, 3.05) is 36.4 Å². The maximum Gasteiger partial charge on any atom is 0.156 e. The maximum atomic E-state index is 6.39. The molecule has 156 valence electrons. The number of hydrogen-bond acceptors (Lipinski definition) is 6. The number of anilines is 2. The van der Waals surface area contributed by atoms with Gasteiger partial charge in [0, 0.05) is 54.8 Å². The topological polar surface area (TPSA) is 66.0 Å². The van der Waals surface area contributed by atoms with Gasteiger partial charge in [-0.05, 0) is 37.1 Å². The molecule has 2 aromatic heterocycles. The number of benzene rings is 1. The van der Waals surface area contributed by atoms with Crippen molar-refractivity contribution in [3.05, 3.63) is 40.5 Å². The standard InChI is InChI=1S/C22H24Cl2N6/c23-18-12-16-17(13-19(18)24)22(27-15-3-1-2-4-15)29-28-21(16)14-5-6-26-20(11-14)30-9-7-25-8-10-30/h5-6,11-13,15,25H,1-4,7-10H2,(H,27,29). The normalized spacial score (nSPS) is 17.6. The van der Waals surface area contributed by atoms with Crippen molar-refractivity contribution >= 4 is 45.6 Å². The third kappa shape index (κ3) is 3.92. The highest BCUT2D eigenvalue weighted by atomic mass is 35.5. The number of halogens is 2. The second kappa shape index (κ2) is 8.53. The van der Waals surface area contributed by atoms with Crippen LogP contribution in [0.2, 0.25) is 10.0 Å². The van der Waals surface area contributed by atoms with Crippen LogP contribution in [0.3, 0.4) is 0 Å². The first-order chi connectivity index (χ1) is 14.7. The molecule has 1 aromatic carbocycles. The Balaban J connectivity index is 1.58. The van der Waals surface area contributed by atoms with Crippen molar-refractivity contribution in [2.24, 2.45) is 0 Å². The molecular formula is C22H24Cl2N6. The lowest BCUT2D eigenvalue weighted by atomic mass is 10.0. The Morgan fingerprint density at radius 2 is 1.70 bits per heavy atom. The average molecular weight is 443 g/mol. The number of nitrogens with one attached hydrogen (secondary N) is 2. The summed E-state index contributed by atoms with van der Waals surface area (Å²) >= 11 is 12.8. The summed E-state index contributed by atoms with van der Waals surface area (Å²) in [7, 11) is 0. The second-order valence-electron chi connectivity index (χ2n) is 7.97. The van der Waals surface area contributed by atoms with Gasteiger partial charge in [0.2, 0.25) is 0 Å². The van der Waals surface area contributed by atoms with E-state index in [1.165, 1.54) is 12.8 Å². The predicted molar refractivity (Wildman–Crippen MR) is 124 cm³/mol. The number of aromatic nitrogens is 3. The van der Waals surface area contributed by atoms with Crippen molar-refractivity contribution < 1.29 is 0 Å². The van der Waals surface area contributed by atoms with Crippen LogP contribution in [0.25, 0.3) is 22.0 Å². The van der Waals surface area contributed by atoms with Gasteiger partial charge >= 0.3 is 0 Å². The molecule has 8 heteroatoms. The van der Waals surface area contributed by atoms with Gasteiger partial charge in [0.1, 0.15) is 11.5 Å². The molecule has 1 aliphatic heterocycles. The van der Waals surface area contributed by atoms with E-state index in [0.29, 0.717) is 16.1 Å². The quantitative estimate of drug-likeness (QED) is 0.606. The van der Waals surface area contributed by atoms with Crippen LogP contribution in [0.15, 0.2) is 30.5 Å². The average Bonchev–Trinajstić information content (AvgIpc) is 3.29. The molecule has 30 heavy (non-hydrogen) atoms. The summed E-state index contributed by atoms with van der Waals surface area (Å²) in [5.74, 6) is 1.73. The van der Waals surface area contributed by atoms with Gasteiger partial charge in [-0.15, -0.1) is 10.2 Å². The zero-order valence-corrected chi connectivity index (χ0v) is 18.2. The molecule has 5 rings (SSSR count). The fourth-order valence-corrected chi connectivity index (χ4v) is 4.69. The van der Waals surface area contributed by atoms with Crippen LogP contribution in [0.1, 0.15) is 25.7 Å². The number of nitrogens with zero attached hydrogens (tertiary/aromatic N) is 4. The molecule has 0 radical (unpaired) electrons. The number of fused-ring (bicyclic) bond motifs is 1. The molecule has 2 N–H and O–H groups in total. The van der Waals surface area contributed by atoms with Gasteiger partial charge in [-0.1, -0.05) is 36.0 Å². The number of piperazine rings is 1. The van der Waals surface area contributed by atoms with E-state index in [2.05, 4.69) is 36.8 Å². The minimum Gasteiger partial charge on any atom is -0.365 e. The van der Waals surface area contributed by atoms with Crippen molar-refractivity contribution in [1.29, 1.82) is 0 Å². The lowest BCUT2D eigenvalue weighted by molar-refractivity contribution is 0.585.